The summed E-state index contributed by atoms with van der Waals surface area (Å²) < 4.78 is 0. The third-order valence-corrected chi connectivity index (χ3v) is 7.52. The predicted octanol–water partition coefficient (Wildman–Crippen LogP) is 2.10. The van der Waals surface area contributed by atoms with Gasteiger partial charge in [-0.3, -0.25) is 4.98 Å². The molecule has 6 rings (SSSR count). The maximum Gasteiger partial charge on any atom is 0.101 e. The highest BCUT2D eigenvalue weighted by Crippen LogP contribution is 2.41. The number of nitriles is 1. The number of piperazine rings is 1. The topological polar surface area (TPSA) is 92.7 Å². The van der Waals surface area contributed by atoms with E-state index in [0.717, 1.165) is 42.6 Å². The van der Waals surface area contributed by atoms with Crippen LogP contribution in [0.5, 0.6) is 0 Å². The molecule has 1 aromatic heterocycles. The van der Waals surface area contributed by atoms with Gasteiger partial charge in [0.05, 0.1) is 23.7 Å². The van der Waals surface area contributed by atoms with Gasteiger partial charge in [-0.1, -0.05) is 6.08 Å². The van der Waals surface area contributed by atoms with Crippen molar-refractivity contribution in [2.75, 3.05) is 37.6 Å². The molecule has 0 radical (unpaired) electrons. The number of benzene rings is 1. The van der Waals surface area contributed by atoms with Crippen LogP contribution in [0, 0.1) is 11.3 Å². The van der Waals surface area contributed by atoms with E-state index in [9.17, 15) is 10.4 Å². The van der Waals surface area contributed by atoms with Crippen LogP contribution in [0.2, 0.25) is 0 Å². The van der Waals surface area contributed by atoms with Crippen LogP contribution in [-0.4, -0.2) is 70.8 Å². The number of rotatable bonds is 2. The summed E-state index contributed by atoms with van der Waals surface area (Å²) in [6.45, 7) is 6.32. The number of nitrogens with zero attached hydrogens (tertiary/aromatic N) is 5. The number of aromatic nitrogens is 1. The second-order valence-corrected chi connectivity index (χ2v) is 9.57. The molecule has 7 nitrogen and oxygen atoms in total. The molecule has 1 aliphatic carbocycles. The lowest BCUT2D eigenvalue weighted by atomic mass is 9.96. The zero-order chi connectivity index (χ0) is 22.7. The Hall–Kier alpha value is -3.34. The van der Waals surface area contributed by atoms with E-state index in [4.69, 9.17) is 5.73 Å². The molecule has 0 saturated carbocycles. The van der Waals surface area contributed by atoms with Crippen molar-refractivity contribution in [3.05, 3.63) is 70.7 Å². The number of pyridine rings is 1. The summed E-state index contributed by atoms with van der Waals surface area (Å²) in [6, 6.07) is 10.5. The first-order valence-electron chi connectivity index (χ1n) is 11.6. The van der Waals surface area contributed by atoms with Crippen LogP contribution in [0.4, 0.5) is 5.69 Å². The van der Waals surface area contributed by atoms with E-state index in [1.54, 1.807) is 6.20 Å². The fraction of sp³-hybridized carbons (Fsp3) is 0.385. The third kappa shape index (κ3) is 3.21. The summed E-state index contributed by atoms with van der Waals surface area (Å²) >= 11 is 0. The van der Waals surface area contributed by atoms with Crippen molar-refractivity contribution < 1.29 is 5.11 Å². The number of nitrogens with two attached hydrogens (primary N) is 1. The van der Waals surface area contributed by atoms with Gasteiger partial charge < -0.3 is 25.5 Å². The van der Waals surface area contributed by atoms with Gasteiger partial charge in [0.1, 0.15) is 6.07 Å². The highest BCUT2D eigenvalue weighted by molar-refractivity contribution is 5.95. The Morgan fingerprint density at radius 1 is 1.15 bits per heavy atom. The molecule has 1 aromatic carbocycles. The Morgan fingerprint density at radius 2 is 2.03 bits per heavy atom. The molecule has 168 valence electrons. The van der Waals surface area contributed by atoms with Crippen molar-refractivity contribution in [1.29, 1.82) is 5.26 Å². The van der Waals surface area contributed by atoms with Gasteiger partial charge in [-0.05, 0) is 54.8 Å². The Kier molecular flexibility index (Phi) is 4.68. The average Bonchev–Trinajstić information content (AvgIpc) is 3.37. The second kappa shape index (κ2) is 7.62. The second-order valence-electron chi connectivity index (χ2n) is 9.57. The summed E-state index contributed by atoms with van der Waals surface area (Å²) in [6.07, 6.45) is 6.79. The molecule has 2 saturated heterocycles. The highest BCUT2D eigenvalue weighted by Gasteiger charge is 2.37. The molecule has 3 aliphatic heterocycles. The number of aliphatic hydroxyl groups excluding tert-OH is 1. The standard InChI is InChI=1S/C26H28N6O/c1-16-11-31(23-7-4-17(10-27)26-21(23)3-2-8-29-26)14-24-20-6-5-19(9-18(20)12-32(16)24)30-13-22(28)25(33)15-30/h2-5,7-9,16,22,25,33H,6,11-15,28H2,1H3/t16-,22+,25+/m1/s1. The zero-order valence-corrected chi connectivity index (χ0v) is 18.8. The van der Waals surface area contributed by atoms with Gasteiger partial charge in [0.15, 0.2) is 0 Å². The molecule has 2 aromatic rings. The van der Waals surface area contributed by atoms with Crippen LogP contribution in [0.15, 0.2) is 65.2 Å². The molecule has 3 atom stereocenters. The summed E-state index contributed by atoms with van der Waals surface area (Å²) in [5, 5.41) is 20.6. The van der Waals surface area contributed by atoms with Gasteiger partial charge in [-0.15, -0.1) is 0 Å². The molecule has 3 N–H and O–H groups in total. The number of aliphatic hydroxyl groups is 1. The SMILES string of the molecule is C[C@@H]1CN(c2ccc(C#N)c3ncccc23)CC2=C3CC=C(N4C[C@H](N)[C@@H](O)C4)C=C3CN21. The predicted molar refractivity (Wildman–Crippen MR) is 128 cm³/mol. The lowest BCUT2D eigenvalue weighted by Crippen LogP contribution is -2.49. The zero-order valence-electron chi connectivity index (χ0n) is 18.8. The molecule has 0 bridgehead atoms. The molecule has 4 heterocycles. The Bertz CT molecular complexity index is 1260. The Morgan fingerprint density at radius 3 is 2.82 bits per heavy atom. The molecule has 33 heavy (non-hydrogen) atoms. The van der Waals surface area contributed by atoms with E-state index in [1.165, 1.54) is 22.5 Å². The van der Waals surface area contributed by atoms with Gasteiger partial charge in [0.2, 0.25) is 0 Å². The van der Waals surface area contributed by atoms with Crippen molar-refractivity contribution >= 4 is 16.6 Å². The van der Waals surface area contributed by atoms with Gasteiger partial charge in [0.25, 0.3) is 0 Å². The lowest BCUT2D eigenvalue weighted by Gasteiger charge is -2.42. The minimum Gasteiger partial charge on any atom is -0.390 e. The van der Waals surface area contributed by atoms with E-state index in [2.05, 4.69) is 57.0 Å². The number of hydrogen-bond acceptors (Lipinski definition) is 7. The molecule has 0 amide bonds. The van der Waals surface area contributed by atoms with Crippen LogP contribution >= 0.6 is 0 Å². The van der Waals surface area contributed by atoms with Gasteiger partial charge in [-0.2, -0.15) is 5.26 Å². The minimum absolute atomic E-state index is 0.177. The lowest BCUT2D eigenvalue weighted by molar-refractivity contribution is 0.170. The molecule has 4 aliphatic rings. The first kappa shape index (κ1) is 20.3. The number of fused-ring (bicyclic) bond motifs is 3. The summed E-state index contributed by atoms with van der Waals surface area (Å²) in [7, 11) is 0. The minimum atomic E-state index is -0.454. The maximum atomic E-state index is 10.1. The maximum absolute atomic E-state index is 10.1. The van der Waals surface area contributed by atoms with Crippen molar-refractivity contribution in [2.24, 2.45) is 5.73 Å². The van der Waals surface area contributed by atoms with Gasteiger partial charge >= 0.3 is 0 Å². The van der Waals surface area contributed by atoms with Crippen LogP contribution < -0.4 is 10.6 Å². The third-order valence-electron chi connectivity index (χ3n) is 7.52. The number of likely N-dealkylation sites (tertiary alicyclic amines) is 1. The fourth-order valence-electron chi connectivity index (χ4n) is 5.78. The van der Waals surface area contributed by atoms with Gasteiger partial charge in [0, 0.05) is 66.9 Å². The first-order valence-corrected chi connectivity index (χ1v) is 11.6. The molecule has 0 unspecified atom stereocenters. The molecule has 2 fully saturated rings. The number of β-amino-alcohol motifs (C(OH)–C–C–N with tert-alkyl or cyclic N) is 1. The largest absolute Gasteiger partial charge is 0.390 e. The van der Waals surface area contributed by atoms with E-state index < -0.39 is 6.10 Å². The number of allylic oxidation sites excluding steroid dienone is 2. The van der Waals surface area contributed by atoms with E-state index >= 15 is 0 Å². The fourth-order valence-corrected chi connectivity index (χ4v) is 5.78. The van der Waals surface area contributed by atoms with E-state index in [1.807, 2.05) is 12.1 Å². The Labute approximate surface area is 193 Å². The molecular formula is C26H28N6O. The number of anilines is 1. The first-order chi connectivity index (χ1) is 16.0. The van der Waals surface area contributed by atoms with Crippen LogP contribution in [0.1, 0.15) is 18.9 Å². The van der Waals surface area contributed by atoms with Crippen molar-refractivity contribution in [1.82, 2.24) is 14.8 Å². The molecule has 0 spiro atoms. The van der Waals surface area contributed by atoms with Gasteiger partial charge in [-0.25, -0.2) is 0 Å². The smallest absolute Gasteiger partial charge is 0.101 e. The van der Waals surface area contributed by atoms with Crippen molar-refractivity contribution in [3.63, 3.8) is 0 Å². The summed E-state index contributed by atoms with van der Waals surface area (Å²) in [5.41, 5.74) is 14.0. The highest BCUT2D eigenvalue weighted by atomic mass is 16.3. The summed E-state index contributed by atoms with van der Waals surface area (Å²) in [5.74, 6) is 0. The van der Waals surface area contributed by atoms with Crippen LogP contribution in [0.25, 0.3) is 10.9 Å². The van der Waals surface area contributed by atoms with Crippen LogP contribution in [0.3, 0.4) is 0 Å². The average molecular weight is 441 g/mol. The van der Waals surface area contributed by atoms with E-state index in [0.29, 0.717) is 24.7 Å². The number of hydrogen-bond donors (Lipinski definition) is 2. The van der Waals surface area contributed by atoms with Crippen molar-refractivity contribution in [3.8, 4) is 6.07 Å². The quantitative estimate of drug-likeness (QED) is 0.739. The van der Waals surface area contributed by atoms with Crippen molar-refractivity contribution in [2.45, 2.75) is 31.5 Å². The van der Waals surface area contributed by atoms with Crippen LogP contribution in [-0.2, 0) is 0 Å². The summed E-state index contributed by atoms with van der Waals surface area (Å²) in [4.78, 5) is 11.7. The normalized spacial score (nSPS) is 26.8. The molecular weight excluding hydrogens is 412 g/mol. The molecule has 7 heteroatoms. The monoisotopic (exact) mass is 440 g/mol. The Balaban J connectivity index is 1.32. The van der Waals surface area contributed by atoms with E-state index in [-0.39, 0.29) is 6.04 Å².